The molecule has 0 heterocycles. The van der Waals surface area contributed by atoms with Crippen molar-refractivity contribution < 1.29 is 9.47 Å². The fourth-order valence-electron chi connectivity index (χ4n) is 3.05. The van der Waals surface area contributed by atoms with Crippen LogP contribution in [0.15, 0.2) is 77.7 Å². The van der Waals surface area contributed by atoms with E-state index in [-0.39, 0.29) is 0 Å². The molecule has 126 valence electrons. The Balaban J connectivity index is 1.52. The molecule has 0 bridgehead atoms. The Morgan fingerprint density at radius 1 is 0.920 bits per heavy atom. The molecule has 3 aromatic carbocycles. The van der Waals surface area contributed by atoms with Crippen molar-refractivity contribution in [3.8, 4) is 11.5 Å². The van der Waals surface area contributed by atoms with Crippen LogP contribution in [0.1, 0.15) is 21.9 Å². The summed E-state index contributed by atoms with van der Waals surface area (Å²) in [6, 6.07) is 25.1. The zero-order valence-electron chi connectivity index (χ0n) is 14.1. The van der Waals surface area contributed by atoms with Gasteiger partial charge in [0.15, 0.2) is 11.5 Å². The van der Waals surface area contributed by atoms with Gasteiger partial charge in [0.05, 0.1) is 7.11 Å². The van der Waals surface area contributed by atoms with Crippen LogP contribution in [0.4, 0.5) is 0 Å². The van der Waals surface area contributed by atoms with Gasteiger partial charge in [-0.2, -0.15) is 0 Å². The lowest BCUT2D eigenvalue weighted by Gasteiger charge is -2.31. The first kappa shape index (κ1) is 16.1. The summed E-state index contributed by atoms with van der Waals surface area (Å²) in [6.07, 6.45) is 1.07. The van der Waals surface area contributed by atoms with Crippen LogP contribution in [0.25, 0.3) is 0 Å². The van der Waals surface area contributed by atoms with Gasteiger partial charge in [-0.05, 0) is 47.4 Å². The molecule has 0 saturated heterocycles. The predicted molar refractivity (Wildman–Crippen MR) is 103 cm³/mol. The molecule has 2 nitrogen and oxygen atoms in total. The smallest absolute Gasteiger partial charge is 0.162 e. The molecule has 0 radical (unpaired) electrons. The molecule has 0 fully saturated rings. The number of ether oxygens (including phenoxy) is 2. The topological polar surface area (TPSA) is 18.5 Å². The lowest BCUT2D eigenvalue weighted by molar-refractivity contribution is 0.283. The van der Waals surface area contributed by atoms with E-state index in [1.54, 1.807) is 7.11 Å². The highest BCUT2D eigenvalue weighted by Gasteiger charge is 2.29. The molecule has 0 amide bonds. The SMILES string of the molecule is COc1cc2c(cc1OCc1ccccc1)C(Sc1ccccc1)C2. The van der Waals surface area contributed by atoms with Gasteiger partial charge in [-0.1, -0.05) is 48.5 Å². The summed E-state index contributed by atoms with van der Waals surface area (Å²) in [5.41, 5.74) is 3.87. The molecule has 3 heteroatoms. The fourth-order valence-corrected chi connectivity index (χ4v) is 4.30. The third-order valence-electron chi connectivity index (χ3n) is 4.44. The Bertz CT molecular complexity index is 847. The van der Waals surface area contributed by atoms with Gasteiger partial charge in [0.1, 0.15) is 6.61 Å². The molecule has 3 aromatic rings. The summed E-state index contributed by atoms with van der Waals surface area (Å²) in [5.74, 6) is 1.64. The number of benzene rings is 3. The van der Waals surface area contributed by atoms with E-state index in [2.05, 4.69) is 54.6 Å². The highest BCUT2D eigenvalue weighted by molar-refractivity contribution is 7.99. The average molecular weight is 348 g/mol. The van der Waals surface area contributed by atoms with Crippen molar-refractivity contribution in [2.75, 3.05) is 7.11 Å². The maximum atomic E-state index is 6.05. The first-order chi connectivity index (χ1) is 12.3. The van der Waals surface area contributed by atoms with Crippen molar-refractivity contribution in [3.63, 3.8) is 0 Å². The standard InChI is InChI=1S/C22H20O2S/c1-23-20-12-17-13-22(25-18-10-6-3-7-11-18)19(17)14-21(20)24-15-16-8-4-2-5-9-16/h2-12,14,22H,13,15H2,1H3. The maximum absolute atomic E-state index is 6.05. The average Bonchev–Trinajstić information content (AvgIpc) is 2.66. The van der Waals surface area contributed by atoms with Gasteiger partial charge < -0.3 is 9.47 Å². The summed E-state index contributed by atoms with van der Waals surface area (Å²) in [5, 5.41) is 0.488. The van der Waals surface area contributed by atoms with Crippen LogP contribution in [0.3, 0.4) is 0 Å². The van der Waals surface area contributed by atoms with E-state index < -0.39 is 0 Å². The van der Waals surface area contributed by atoms with Gasteiger partial charge in [0.2, 0.25) is 0 Å². The Morgan fingerprint density at radius 3 is 2.36 bits per heavy atom. The number of hydrogen-bond donors (Lipinski definition) is 0. The minimum Gasteiger partial charge on any atom is -0.493 e. The minimum atomic E-state index is 0.488. The van der Waals surface area contributed by atoms with Crippen LogP contribution < -0.4 is 9.47 Å². The third-order valence-corrected chi connectivity index (χ3v) is 5.69. The molecule has 0 aromatic heterocycles. The zero-order chi connectivity index (χ0) is 17.1. The van der Waals surface area contributed by atoms with Crippen molar-refractivity contribution >= 4 is 11.8 Å². The van der Waals surface area contributed by atoms with E-state index >= 15 is 0 Å². The number of thioether (sulfide) groups is 1. The summed E-state index contributed by atoms with van der Waals surface area (Å²) in [4.78, 5) is 1.31. The zero-order valence-corrected chi connectivity index (χ0v) is 15.0. The first-order valence-electron chi connectivity index (χ1n) is 8.43. The molecular weight excluding hydrogens is 328 g/mol. The van der Waals surface area contributed by atoms with Gasteiger partial charge in [0.25, 0.3) is 0 Å². The van der Waals surface area contributed by atoms with E-state index in [9.17, 15) is 0 Å². The maximum Gasteiger partial charge on any atom is 0.162 e. The second kappa shape index (κ2) is 7.24. The molecule has 25 heavy (non-hydrogen) atoms. The summed E-state index contributed by atoms with van der Waals surface area (Å²) in [7, 11) is 1.70. The lowest BCUT2D eigenvalue weighted by atomic mass is 9.87. The molecular formula is C22H20O2S. The summed E-state index contributed by atoms with van der Waals surface area (Å²) in [6.45, 7) is 0.548. The molecule has 1 atom stereocenters. The summed E-state index contributed by atoms with van der Waals surface area (Å²) < 4.78 is 11.6. The number of hydrogen-bond acceptors (Lipinski definition) is 3. The molecule has 0 aliphatic heterocycles. The predicted octanol–water partition coefficient (Wildman–Crippen LogP) is 5.66. The largest absolute Gasteiger partial charge is 0.493 e. The Labute approximate surface area is 152 Å². The third kappa shape index (κ3) is 3.52. The van der Waals surface area contributed by atoms with Crippen molar-refractivity contribution in [1.82, 2.24) is 0 Å². The fraction of sp³-hybridized carbons (Fsp3) is 0.182. The van der Waals surface area contributed by atoms with E-state index in [0.29, 0.717) is 11.9 Å². The molecule has 1 aliphatic rings. The Hall–Kier alpha value is -2.39. The van der Waals surface area contributed by atoms with Gasteiger partial charge in [-0.15, -0.1) is 11.8 Å². The first-order valence-corrected chi connectivity index (χ1v) is 9.30. The molecule has 0 spiro atoms. The van der Waals surface area contributed by atoms with E-state index in [4.69, 9.17) is 9.47 Å². The number of methoxy groups -OCH3 is 1. The molecule has 1 aliphatic carbocycles. The van der Waals surface area contributed by atoms with Crippen molar-refractivity contribution in [3.05, 3.63) is 89.5 Å². The van der Waals surface area contributed by atoms with Crippen molar-refractivity contribution in [1.29, 1.82) is 0 Å². The minimum absolute atomic E-state index is 0.488. The molecule has 1 unspecified atom stereocenters. The van der Waals surface area contributed by atoms with Crippen molar-refractivity contribution in [2.45, 2.75) is 23.2 Å². The van der Waals surface area contributed by atoms with Crippen molar-refractivity contribution in [2.24, 2.45) is 0 Å². The number of rotatable bonds is 6. The van der Waals surface area contributed by atoms with Crippen LogP contribution in [0.2, 0.25) is 0 Å². The van der Waals surface area contributed by atoms with Gasteiger partial charge >= 0.3 is 0 Å². The second-order valence-corrected chi connectivity index (χ2v) is 7.38. The van der Waals surface area contributed by atoms with Crippen LogP contribution in [-0.2, 0) is 13.0 Å². The van der Waals surface area contributed by atoms with Crippen LogP contribution in [-0.4, -0.2) is 7.11 Å². The van der Waals surface area contributed by atoms with Gasteiger partial charge in [-0.25, -0.2) is 0 Å². The highest BCUT2D eigenvalue weighted by Crippen LogP contribution is 2.49. The van der Waals surface area contributed by atoms with E-state index in [1.165, 1.54) is 16.0 Å². The van der Waals surface area contributed by atoms with E-state index in [1.807, 2.05) is 30.0 Å². The van der Waals surface area contributed by atoms with Gasteiger partial charge in [0, 0.05) is 10.1 Å². The van der Waals surface area contributed by atoms with Crippen LogP contribution in [0, 0.1) is 0 Å². The summed E-state index contributed by atoms with van der Waals surface area (Å²) >= 11 is 1.91. The molecule has 0 N–H and O–H groups in total. The normalized spacial score (nSPS) is 15.2. The number of fused-ring (bicyclic) bond motifs is 1. The second-order valence-electron chi connectivity index (χ2n) is 6.10. The highest BCUT2D eigenvalue weighted by atomic mass is 32.2. The van der Waals surface area contributed by atoms with Crippen LogP contribution in [0.5, 0.6) is 11.5 Å². The van der Waals surface area contributed by atoms with E-state index in [0.717, 1.165) is 23.5 Å². The van der Waals surface area contributed by atoms with Crippen LogP contribution >= 0.6 is 11.8 Å². The Kier molecular flexibility index (Phi) is 4.66. The molecule has 0 saturated carbocycles. The molecule has 4 rings (SSSR count). The quantitative estimate of drug-likeness (QED) is 0.572. The van der Waals surface area contributed by atoms with Gasteiger partial charge in [-0.3, -0.25) is 0 Å². The Morgan fingerprint density at radius 2 is 1.64 bits per heavy atom. The monoisotopic (exact) mass is 348 g/mol. The lowest BCUT2D eigenvalue weighted by Crippen LogP contribution is -2.15.